The third-order valence-corrected chi connectivity index (χ3v) is 3.89. The predicted molar refractivity (Wildman–Crippen MR) is 80.8 cm³/mol. The van der Waals surface area contributed by atoms with Gasteiger partial charge in [-0.15, -0.1) is 0 Å². The van der Waals surface area contributed by atoms with E-state index < -0.39 is 6.04 Å². The molecule has 2 atom stereocenters. The van der Waals surface area contributed by atoms with Crippen LogP contribution in [-0.2, 0) is 4.79 Å². The van der Waals surface area contributed by atoms with E-state index in [1.807, 2.05) is 48.0 Å². The number of methoxy groups -OCH3 is 1. The lowest BCUT2D eigenvalue weighted by Gasteiger charge is -2.21. The number of primary amides is 1. The smallest absolute Gasteiger partial charge is 0.239 e. The van der Waals surface area contributed by atoms with Crippen LogP contribution in [0.5, 0.6) is 5.75 Å². The molecule has 0 aliphatic rings. The summed E-state index contributed by atoms with van der Waals surface area (Å²) in [7, 11) is 1.64. The fourth-order valence-electron chi connectivity index (χ4n) is 2.02. The number of nitrogens with two attached hydrogens (primary N) is 1. The highest BCUT2D eigenvalue weighted by molar-refractivity contribution is 7.08. The summed E-state index contributed by atoms with van der Waals surface area (Å²) in [5.41, 5.74) is 7.46. The molecule has 0 saturated carbocycles. The molecular weight excluding hydrogens is 272 g/mol. The summed E-state index contributed by atoms with van der Waals surface area (Å²) in [6.07, 6.45) is 0. The Balaban J connectivity index is 2.11. The molecule has 4 nitrogen and oxygen atoms in total. The SMILES string of the molecule is COc1ccc([C@H](C)N[C@H](C(N)=O)c2ccsc2)cc1. The van der Waals surface area contributed by atoms with Gasteiger partial charge in [0.2, 0.25) is 5.91 Å². The van der Waals surface area contributed by atoms with E-state index in [9.17, 15) is 4.79 Å². The van der Waals surface area contributed by atoms with Crippen LogP contribution < -0.4 is 15.8 Å². The van der Waals surface area contributed by atoms with Crippen LogP contribution in [0.3, 0.4) is 0 Å². The van der Waals surface area contributed by atoms with Gasteiger partial charge in [-0.1, -0.05) is 12.1 Å². The first-order valence-electron chi connectivity index (χ1n) is 6.33. The van der Waals surface area contributed by atoms with Crippen molar-refractivity contribution in [1.29, 1.82) is 0 Å². The zero-order chi connectivity index (χ0) is 14.5. The van der Waals surface area contributed by atoms with E-state index in [0.29, 0.717) is 0 Å². The molecule has 1 heterocycles. The molecule has 0 aliphatic heterocycles. The molecule has 0 radical (unpaired) electrons. The molecule has 0 unspecified atom stereocenters. The van der Waals surface area contributed by atoms with Crippen molar-refractivity contribution in [2.75, 3.05) is 7.11 Å². The van der Waals surface area contributed by atoms with Crippen LogP contribution in [0.25, 0.3) is 0 Å². The van der Waals surface area contributed by atoms with E-state index in [0.717, 1.165) is 16.9 Å². The van der Waals surface area contributed by atoms with Gasteiger partial charge in [-0.2, -0.15) is 11.3 Å². The number of carbonyl (C=O) groups is 1. The predicted octanol–water partition coefficient (Wildman–Crippen LogP) is 2.63. The topological polar surface area (TPSA) is 64.3 Å². The Bertz CT molecular complexity index is 552. The van der Waals surface area contributed by atoms with Gasteiger partial charge in [0.05, 0.1) is 7.11 Å². The Morgan fingerprint density at radius 3 is 2.45 bits per heavy atom. The third-order valence-electron chi connectivity index (χ3n) is 3.19. The number of ether oxygens (including phenoxy) is 1. The summed E-state index contributed by atoms with van der Waals surface area (Å²) in [6.45, 7) is 2.00. The van der Waals surface area contributed by atoms with Gasteiger partial charge >= 0.3 is 0 Å². The van der Waals surface area contributed by atoms with Gasteiger partial charge < -0.3 is 10.5 Å². The second-order valence-corrected chi connectivity index (χ2v) is 5.33. The summed E-state index contributed by atoms with van der Waals surface area (Å²) < 4.78 is 5.13. The van der Waals surface area contributed by atoms with Crippen LogP contribution in [-0.4, -0.2) is 13.0 Å². The first-order valence-corrected chi connectivity index (χ1v) is 7.27. The molecule has 5 heteroatoms. The highest BCUT2D eigenvalue weighted by Crippen LogP contribution is 2.22. The lowest BCUT2D eigenvalue weighted by Crippen LogP contribution is -2.34. The van der Waals surface area contributed by atoms with Crippen molar-refractivity contribution in [2.45, 2.75) is 19.0 Å². The number of hydrogen-bond acceptors (Lipinski definition) is 4. The van der Waals surface area contributed by atoms with Gasteiger partial charge in [0.25, 0.3) is 0 Å². The van der Waals surface area contributed by atoms with Gasteiger partial charge in [-0.25, -0.2) is 0 Å². The lowest BCUT2D eigenvalue weighted by molar-refractivity contribution is -0.120. The highest BCUT2D eigenvalue weighted by Gasteiger charge is 2.20. The number of benzene rings is 1. The van der Waals surface area contributed by atoms with Crippen LogP contribution in [0.15, 0.2) is 41.1 Å². The molecular formula is C15H18N2O2S. The molecule has 20 heavy (non-hydrogen) atoms. The standard InChI is InChI=1S/C15H18N2O2S/c1-10(11-3-5-13(19-2)6-4-11)17-14(15(16)18)12-7-8-20-9-12/h3-10,14,17H,1-2H3,(H2,16,18)/t10-,14-/m0/s1. The first kappa shape index (κ1) is 14.6. The quantitative estimate of drug-likeness (QED) is 0.859. The second kappa shape index (κ2) is 6.54. The van der Waals surface area contributed by atoms with E-state index in [2.05, 4.69) is 5.32 Å². The summed E-state index contributed by atoms with van der Waals surface area (Å²) in [5.74, 6) is 0.439. The molecule has 0 saturated heterocycles. The van der Waals surface area contributed by atoms with Crippen LogP contribution in [0.4, 0.5) is 0 Å². The van der Waals surface area contributed by atoms with E-state index in [-0.39, 0.29) is 11.9 Å². The summed E-state index contributed by atoms with van der Waals surface area (Å²) >= 11 is 1.55. The van der Waals surface area contributed by atoms with Crippen molar-refractivity contribution in [3.8, 4) is 5.75 Å². The monoisotopic (exact) mass is 290 g/mol. The van der Waals surface area contributed by atoms with Gasteiger partial charge in [0.1, 0.15) is 11.8 Å². The Hall–Kier alpha value is -1.85. The number of hydrogen-bond donors (Lipinski definition) is 2. The van der Waals surface area contributed by atoms with Gasteiger partial charge in [-0.3, -0.25) is 10.1 Å². The van der Waals surface area contributed by atoms with Crippen LogP contribution in [0.2, 0.25) is 0 Å². The van der Waals surface area contributed by atoms with E-state index in [4.69, 9.17) is 10.5 Å². The summed E-state index contributed by atoms with van der Waals surface area (Å²) in [6, 6.07) is 9.20. The van der Waals surface area contributed by atoms with Crippen molar-refractivity contribution in [3.63, 3.8) is 0 Å². The number of carbonyl (C=O) groups excluding carboxylic acids is 1. The molecule has 0 aliphatic carbocycles. The second-order valence-electron chi connectivity index (χ2n) is 4.55. The minimum Gasteiger partial charge on any atom is -0.497 e. The maximum atomic E-state index is 11.6. The molecule has 3 N–H and O–H groups in total. The van der Waals surface area contributed by atoms with Crippen LogP contribution in [0, 0.1) is 0 Å². The van der Waals surface area contributed by atoms with E-state index in [1.54, 1.807) is 18.4 Å². The largest absolute Gasteiger partial charge is 0.497 e. The first-order chi connectivity index (χ1) is 9.61. The van der Waals surface area contributed by atoms with Crippen molar-refractivity contribution < 1.29 is 9.53 Å². The fourth-order valence-corrected chi connectivity index (χ4v) is 2.71. The highest BCUT2D eigenvalue weighted by atomic mass is 32.1. The van der Waals surface area contributed by atoms with Crippen molar-refractivity contribution in [2.24, 2.45) is 5.73 Å². The summed E-state index contributed by atoms with van der Waals surface area (Å²) in [4.78, 5) is 11.6. The number of thiophene rings is 1. The molecule has 0 bridgehead atoms. The zero-order valence-electron chi connectivity index (χ0n) is 11.5. The molecule has 1 aromatic heterocycles. The van der Waals surface area contributed by atoms with Crippen molar-refractivity contribution in [1.82, 2.24) is 5.32 Å². The molecule has 106 valence electrons. The Kier molecular flexibility index (Phi) is 4.76. The fraction of sp³-hybridized carbons (Fsp3) is 0.267. The molecule has 0 spiro atoms. The molecule has 1 amide bonds. The Labute approximate surface area is 122 Å². The van der Waals surface area contributed by atoms with Gasteiger partial charge in [-0.05, 0) is 47.0 Å². The average molecular weight is 290 g/mol. The third kappa shape index (κ3) is 3.37. The molecule has 2 rings (SSSR count). The Morgan fingerprint density at radius 2 is 1.95 bits per heavy atom. The van der Waals surface area contributed by atoms with E-state index >= 15 is 0 Å². The molecule has 1 aromatic carbocycles. The summed E-state index contributed by atoms with van der Waals surface area (Å²) in [5, 5.41) is 7.13. The molecule has 0 fully saturated rings. The lowest BCUT2D eigenvalue weighted by atomic mass is 10.0. The van der Waals surface area contributed by atoms with Gasteiger partial charge in [0, 0.05) is 6.04 Å². The van der Waals surface area contributed by atoms with Crippen LogP contribution in [0.1, 0.15) is 30.1 Å². The Morgan fingerprint density at radius 1 is 1.25 bits per heavy atom. The zero-order valence-corrected chi connectivity index (χ0v) is 12.3. The maximum Gasteiger partial charge on any atom is 0.239 e. The normalized spacial score (nSPS) is 13.7. The molecule has 2 aromatic rings. The van der Waals surface area contributed by atoms with Crippen LogP contribution >= 0.6 is 11.3 Å². The van der Waals surface area contributed by atoms with Crippen molar-refractivity contribution in [3.05, 3.63) is 52.2 Å². The number of rotatable bonds is 6. The number of nitrogens with one attached hydrogen (secondary N) is 1. The van der Waals surface area contributed by atoms with Gasteiger partial charge in [0.15, 0.2) is 0 Å². The maximum absolute atomic E-state index is 11.6. The average Bonchev–Trinajstić information content (AvgIpc) is 2.98. The minimum absolute atomic E-state index is 0.0123. The minimum atomic E-state index is -0.474. The van der Waals surface area contributed by atoms with Crippen molar-refractivity contribution >= 4 is 17.2 Å². The number of amides is 1. The van der Waals surface area contributed by atoms with E-state index in [1.165, 1.54) is 0 Å².